The number of rotatable bonds is 8. The monoisotopic (exact) mass is 450 g/mol. The third kappa shape index (κ3) is 4.97. The fourth-order valence-corrected chi connectivity index (χ4v) is 4.21. The maximum Gasteiger partial charge on any atom is 0.338 e. The number of amides is 2. The van der Waals surface area contributed by atoms with Gasteiger partial charge in [0, 0.05) is 11.4 Å². The minimum atomic E-state index is -0.611. The van der Waals surface area contributed by atoms with Crippen LogP contribution < -0.4 is 10.6 Å². The van der Waals surface area contributed by atoms with Gasteiger partial charge >= 0.3 is 12.0 Å². The highest BCUT2D eigenvalue weighted by Crippen LogP contribution is 2.30. The molecular weight excluding hydrogens is 428 g/mol. The summed E-state index contributed by atoms with van der Waals surface area (Å²) in [6, 6.07) is 18.2. The molecule has 9 nitrogen and oxygen atoms in total. The zero-order valence-electron chi connectivity index (χ0n) is 17.4. The molecule has 2 heterocycles. The quantitative estimate of drug-likeness (QED) is 0.401. The summed E-state index contributed by atoms with van der Waals surface area (Å²) in [4.78, 5) is 25.2. The summed E-state index contributed by atoms with van der Waals surface area (Å²) in [5.74, 6) is -0.187. The van der Waals surface area contributed by atoms with Crippen molar-refractivity contribution in [2.45, 2.75) is 24.7 Å². The van der Waals surface area contributed by atoms with E-state index in [1.807, 2.05) is 60.7 Å². The summed E-state index contributed by atoms with van der Waals surface area (Å²) < 4.78 is 6.98. The van der Waals surface area contributed by atoms with Gasteiger partial charge in [-0.3, -0.25) is 0 Å². The normalized spacial score (nSPS) is 15.8. The Morgan fingerprint density at radius 2 is 1.84 bits per heavy atom. The highest BCUT2D eigenvalue weighted by molar-refractivity contribution is 7.99. The fourth-order valence-electron chi connectivity index (χ4n) is 3.37. The van der Waals surface area contributed by atoms with Gasteiger partial charge in [-0.25, -0.2) is 14.3 Å². The molecule has 1 aliphatic rings. The molecule has 1 aromatic heterocycles. The van der Waals surface area contributed by atoms with E-state index in [9.17, 15) is 9.59 Å². The van der Waals surface area contributed by atoms with Crippen molar-refractivity contribution in [1.82, 2.24) is 30.8 Å². The fraction of sp³-hybridized carbons (Fsp3) is 0.227. The lowest BCUT2D eigenvalue weighted by molar-refractivity contribution is -0.139. The van der Waals surface area contributed by atoms with E-state index >= 15 is 0 Å². The molecule has 0 fully saturated rings. The summed E-state index contributed by atoms with van der Waals surface area (Å²) in [6.07, 6.45) is 0. The number of esters is 1. The standard InChI is InChI=1S/C22H22N6O3S/c1-2-31-20(29)18-17(23-21(30)24-19(18)16-11-7-4-8-12-16)14-32-22-25-26-27-28(22)13-15-9-5-3-6-10-15/h3-12,19H,2,13-14H2,1H3,(H2,23,24,30)/t19-/m1/s1. The van der Waals surface area contributed by atoms with E-state index in [1.54, 1.807) is 11.6 Å². The molecule has 0 spiro atoms. The minimum Gasteiger partial charge on any atom is -0.463 e. The van der Waals surface area contributed by atoms with Gasteiger partial charge in [0.15, 0.2) is 0 Å². The first-order chi connectivity index (χ1) is 15.7. The summed E-state index contributed by atoms with van der Waals surface area (Å²) >= 11 is 1.34. The molecule has 164 valence electrons. The second kappa shape index (κ2) is 10.1. The number of tetrazole rings is 1. The lowest BCUT2D eigenvalue weighted by Gasteiger charge is -2.29. The van der Waals surface area contributed by atoms with Gasteiger partial charge in [-0.05, 0) is 28.5 Å². The first-order valence-corrected chi connectivity index (χ1v) is 11.1. The molecule has 3 aromatic rings. The van der Waals surface area contributed by atoms with Crippen LogP contribution in [0.25, 0.3) is 0 Å². The number of nitrogens with zero attached hydrogens (tertiary/aromatic N) is 4. The minimum absolute atomic E-state index is 0.230. The number of ether oxygens (including phenoxy) is 1. The Balaban J connectivity index is 1.61. The second-order valence-corrected chi connectivity index (χ2v) is 7.89. The Morgan fingerprint density at radius 1 is 1.12 bits per heavy atom. The van der Waals surface area contributed by atoms with Gasteiger partial charge in [-0.15, -0.1) is 5.10 Å². The Hall–Kier alpha value is -3.66. The van der Waals surface area contributed by atoms with Crippen molar-refractivity contribution < 1.29 is 14.3 Å². The van der Waals surface area contributed by atoms with Crippen LogP contribution in [-0.2, 0) is 16.1 Å². The average Bonchev–Trinajstić information content (AvgIpc) is 3.25. The lowest BCUT2D eigenvalue weighted by Crippen LogP contribution is -2.46. The predicted octanol–water partition coefficient (Wildman–Crippen LogP) is 2.68. The van der Waals surface area contributed by atoms with Gasteiger partial charge in [0.1, 0.15) is 0 Å². The highest BCUT2D eigenvalue weighted by Gasteiger charge is 2.33. The van der Waals surface area contributed by atoms with Gasteiger partial charge in [-0.2, -0.15) is 0 Å². The molecule has 0 aliphatic carbocycles. The van der Waals surface area contributed by atoms with E-state index in [1.165, 1.54) is 11.8 Å². The van der Waals surface area contributed by atoms with Crippen LogP contribution in [0.2, 0.25) is 0 Å². The number of hydrogen-bond acceptors (Lipinski definition) is 7. The molecule has 0 saturated heterocycles. The van der Waals surface area contributed by atoms with Crippen molar-refractivity contribution in [3.63, 3.8) is 0 Å². The number of carbonyl (C=O) groups excluding carboxylic acids is 2. The van der Waals surface area contributed by atoms with Gasteiger partial charge in [-0.1, -0.05) is 72.4 Å². The number of benzene rings is 2. The maximum absolute atomic E-state index is 12.8. The molecule has 2 N–H and O–H groups in total. The molecule has 1 aliphatic heterocycles. The third-order valence-electron chi connectivity index (χ3n) is 4.80. The Bertz CT molecular complexity index is 1120. The van der Waals surface area contributed by atoms with Crippen LogP contribution in [0.15, 0.2) is 77.1 Å². The number of hydrogen-bond donors (Lipinski definition) is 2. The van der Waals surface area contributed by atoms with Crippen LogP contribution in [-0.4, -0.2) is 44.6 Å². The first-order valence-electron chi connectivity index (χ1n) is 10.1. The molecule has 0 saturated carbocycles. The van der Waals surface area contributed by atoms with E-state index in [-0.39, 0.29) is 12.6 Å². The largest absolute Gasteiger partial charge is 0.463 e. The number of thioether (sulfide) groups is 1. The first kappa shape index (κ1) is 21.6. The average molecular weight is 451 g/mol. The molecule has 0 bridgehead atoms. The summed E-state index contributed by atoms with van der Waals surface area (Å²) in [5.41, 5.74) is 2.70. The molecule has 32 heavy (non-hydrogen) atoms. The number of carbonyl (C=O) groups is 2. The van der Waals surface area contributed by atoms with Crippen molar-refractivity contribution in [1.29, 1.82) is 0 Å². The van der Waals surface area contributed by atoms with Crippen molar-refractivity contribution in [3.8, 4) is 0 Å². The molecular formula is C22H22N6O3S. The smallest absolute Gasteiger partial charge is 0.338 e. The van der Waals surface area contributed by atoms with Crippen LogP contribution >= 0.6 is 11.8 Å². The van der Waals surface area contributed by atoms with Crippen molar-refractivity contribution in [2.24, 2.45) is 0 Å². The van der Waals surface area contributed by atoms with Crippen molar-refractivity contribution >= 4 is 23.8 Å². The maximum atomic E-state index is 12.8. The molecule has 2 amide bonds. The van der Waals surface area contributed by atoms with Gasteiger partial charge < -0.3 is 15.4 Å². The van der Waals surface area contributed by atoms with Gasteiger partial charge in [0.05, 0.1) is 24.8 Å². The van der Waals surface area contributed by atoms with Crippen LogP contribution in [0.5, 0.6) is 0 Å². The molecule has 1 atom stereocenters. The number of aromatic nitrogens is 4. The SMILES string of the molecule is CCOC(=O)C1=C(CSc2nnnn2Cc2ccccc2)NC(=O)N[C@@H]1c1ccccc1. The molecule has 0 unspecified atom stereocenters. The number of nitrogens with one attached hydrogen (secondary N) is 2. The number of urea groups is 1. The molecule has 4 rings (SSSR count). The lowest BCUT2D eigenvalue weighted by atomic mass is 9.95. The van der Waals surface area contributed by atoms with E-state index in [4.69, 9.17) is 4.74 Å². The van der Waals surface area contributed by atoms with Crippen LogP contribution in [0.4, 0.5) is 4.79 Å². The highest BCUT2D eigenvalue weighted by atomic mass is 32.2. The van der Waals surface area contributed by atoms with Crippen LogP contribution in [0.1, 0.15) is 24.1 Å². The van der Waals surface area contributed by atoms with E-state index in [0.717, 1.165) is 11.1 Å². The van der Waals surface area contributed by atoms with E-state index in [0.29, 0.717) is 28.7 Å². The zero-order chi connectivity index (χ0) is 22.3. The molecule has 0 radical (unpaired) electrons. The summed E-state index contributed by atoms with van der Waals surface area (Å²) in [5, 5.41) is 18.1. The van der Waals surface area contributed by atoms with Crippen LogP contribution in [0, 0.1) is 0 Å². The Labute approximate surface area is 189 Å². The van der Waals surface area contributed by atoms with E-state index < -0.39 is 12.0 Å². The molecule has 10 heteroatoms. The van der Waals surface area contributed by atoms with Crippen molar-refractivity contribution in [3.05, 3.63) is 83.1 Å². The van der Waals surface area contributed by atoms with Gasteiger partial charge in [0.25, 0.3) is 0 Å². The van der Waals surface area contributed by atoms with Crippen LogP contribution in [0.3, 0.4) is 0 Å². The molecule has 2 aromatic carbocycles. The van der Waals surface area contributed by atoms with Gasteiger partial charge in [0.2, 0.25) is 5.16 Å². The second-order valence-electron chi connectivity index (χ2n) is 6.95. The topological polar surface area (TPSA) is 111 Å². The third-order valence-corrected chi connectivity index (χ3v) is 5.79. The van der Waals surface area contributed by atoms with E-state index in [2.05, 4.69) is 26.2 Å². The summed E-state index contributed by atoms with van der Waals surface area (Å²) in [7, 11) is 0. The Morgan fingerprint density at radius 3 is 2.56 bits per heavy atom. The Kier molecular flexibility index (Phi) is 6.81. The van der Waals surface area contributed by atoms with Crippen molar-refractivity contribution in [2.75, 3.05) is 12.4 Å². The zero-order valence-corrected chi connectivity index (χ0v) is 18.2. The predicted molar refractivity (Wildman–Crippen MR) is 119 cm³/mol. The summed E-state index contributed by atoms with van der Waals surface area (Å²) in [6.45, 7) is 2.49.